The van der Waals surface area contributed by atoms with Gasteiger partial charge in [-0.2, -0.15) is 0 Å². The summed E-state index contributed by atoms with van der Waals surface area (Å²) in [6.45, 7) is 2.14. The van der Waals surface area contributed by atoms with Gasteiger partial charge in [-0.3, -0.25) is 0 Å². The van der Waals surface area contributed by atoms with E-state index in [4.69, 9.17) is 0 Å². The van der Waals surface area contributed by atoms with Gasteiger partial charge in [-0.15, -0.1) is 11.3 Å². The molecule has 1 aromatic carbocycles. The molecule has 0 aliphatic carbocycles. The molecule has 0 bridgehead atoms. The van der Waals surface area contributed by atoms with Crippen LogP contribution >= 0.6 is 11.3 Å². The van der Waals surface area contributed by atoms with Gasteiger partial charge in [0.1, 0.15) is 5.82 Å². The highest BCUT2D eigenvalue weighted by Gasteiger charge is 2.12. The van der Waals surface area contributed by atoms with Crippen LogP contribution in [0.3, 0.4) is 0 Å². The van der Waals surface area contributed by atoms with Crippen molar-refractivity contribution in [2.45, 2.75) is 19.4 Å². The molecule has 0 aliphatic heterocycles. The van der Waals surface area contributed by atoms with Crippen molar-refractivity contribution in [1.82, 2.24) is 5.32 Å². The lowest BCUT2D eigenvalue weighted by Gasteiger charge is -2.10. The molecule has 1 heterocycles. The Balaban J connectivity index is 2.33. The summed E-state index contributed by atoms with van der Waals surface area (Å²) in [7, 11) is 1.96. The SMILES string of the molecule is CCC(NC)c1ccc(-c2ccccc2F)s1. The Labute approximate surface area is 105 Å². The van der Waals surface area contributed by atoms with Gasteiger partial charge in [0.2, 0.25) is 0 Å². The van der Waals surface area contributed by atoms with Crippen LogP contribution in [-0.2, 0) is 0 Å². The number of thiophene rings is 1. The van der Waals surface area contributed by atoms with Crippen molar-refractivity contribution in [3.8, 4) is 10.4 Å². The smallest absolute Gasteiger partial charge is 0.131 e. The van der Waals surface area contributed by atoms with E-state index in [1.54, 1.807) is 17.4 Å². The number of nitrogens with one attached hydrogen (secondary N) is 1. The molecule has 90 valence electrons. The zero-order valence-electron chi connectivity index (χ0n) is 10.0. The highest BCUT2D eigenvalue weighted by Crippen LogP contribution is 2.33. The normalized spacial score (nSPS) is 12.6. The summed E-state index contributed by atoms with van der Waals surface area (Å²) in [6, 6.07) is 11.4. The monoisotopic (exact) mass is 249 g/mol. The molecule has 17 heavy (non-hydrogen) atoms. The third-order valence-electron chi connectivity index (χ3n) is 2.87. The van der Waals surface area contributed by atoms with E-state index in [0.717, 1.165) is 11.3 Å². The van der Waals surface area contributed by atoms with Gasteiger partial charge in [0.25, 0.3) is 0 Å². The maximum Gasteiger partial charge on any atom is 0.131 e. The Bertz CT molecular complexity index is 488. The minimum atomic E-state index is -0.154. The maximum absolute atomic E-state index is 13.6. The van der Waals surface area contributed by atoms with E-state index in [9.17, 15) is 4.39 Å². The molecule has 0 radical (unpaired) electrons. The molecule has 3 heteroatoms. The minimum absolute atomic E-state index is 0.154. The third kappa shape index (κ3) is 2.56. The van der Waals surface area contributed by atoms with Crippen molar-refractivity contribution in [2.75, 3.05) is 7.05 Å². The number of halogens is 1. The largest absolute Gasteiger partial charge is 0.312 e. The van der Waals surface area contributed by atoms with E-state index in [0.29, 0.717) is 11.6 Å². The lowest BCUT2D eigenvalue weighted by atomic mass is 10.1. The van der Waals surface area contributed by atoms with E-state index in [1.165, 1.54) is 10.9 Å². The highest BCUT2D eigenvalue weighted by molar-refractivity contribution is 7.15. The van der Waals surface area contributed by atoms with E-state index in [2.05, 4.69) is 18.3 Å². The second kappa shape index (κ2) is 5.43. The summed E-state index contributed by atoms with van der Waals surface area (Å²) in [5.41, 5.74) is 0.690. The van der Waals surface area contributed by atoms with Gasteiger partial charge in [-0.05, 0) is 31.7 Å². The van der Waals surface area contributed by atoms with Crippen LogP contribution < -0.4 is 5.32 Å². The summed E-state index contributed by atoms with van der Waals surface area (Å²) < 4.78 is 13.6. The summed E-state index contributed by atoms with van der Waals surface area (Å²) in [6.07, 6.45) is 1.04. The second-order valence-corrected chi connectivity index (χ2v) is 5.05. The quantitative estimate of drug-likeness (QED) is 0.855. The Morgan fingerprint density at radius 1 is 1.24 bits per heavy atom. The van der Waals surface area contributed by atoms with Crippen LogP contribution in [0, 0.1) is 5.82 Å². The van der Waals surface area contributed by atoms with Crippen molar-refractivity contribution in [3.63, 3.8) is 0 Å². The molecule has 1 unspecified atom stereocenters. The molecule has 0 saturated carbocycles. The van der Waals surface area contributed by atoms with E-state index in [1.807, 2.05) is 25.2 Å². The predicted octanol–water partition coefficient (Wildman–Crippen LogP) is 4.22. The fourth-order valence-electron chi connectivity index (χ4n) is 1.89. The average molecular weight is 249 g/mol. The van der Waals surface area contributed by atoms with Crippen LogP contribution in [0.15, 0.2) is 36.4 Å². The minimum Gasteiger partial charge on any atom is -0.312 e. The average Bonchev–Trinajstić information content (AvgIpc) is 2.81. The molecular formula is C14H16FNS. The second-order valence-electron chi connectivity index (χ2n) is 3.93. The Kier molecular flexibility index (Phi) is 3.92. The van der Waals surface area contributed by atoms with Crippen molar-refractivity contribution < 1.29 is 4.39 Å². The molecule has 0 spiro atoms. The number of hydrogen-bond donors (Lipinski definition) is 1. The standard InChI is InChI=1S/C14H16FNS/c1-3-12(16-2)14-9-8-13(17-14)10-6-4-5-7-11(10)15/h4-9,12,16H,3H2,1-2H3. The van der Waals surface area contributed by atoms with Gasteiger partial charge < -0.3 is 5.32 Å². The fraction of sp³-hybridized carbons (Fsp3) is 0.286. The van der Waals surface area contributed by atoms with Crippen molar-refractivity contribution in [3.05, 3.63) is 47.1 Å². The van der Waals surface area contributed by atoms with Gasteiger partial charge in [-0.1, -0.05) is 25.1 Å². The van der Waals surface area contributed by atoms with Crippen molar-refractivity contribution in [2.24, 2.45) is 0 Å². The summed E-state index contributed by atoms with van der Waals surface area (Å²) in [5.74, 6) is -0.154. The first-order valence-electron chi connectivity index (χ1n) is 5.78. The van der Waals surface area contributed by atoms with Crippen LogP contribution in [0.1, 0.15) is 24.3 Å². The fourth-order valence-corrected chi connectivity index (χ4v) is 3.12. The Morgan fingerprint density at radius 3 is 2.65 bits per heavy atom. The first kappa shape index (κ1) is 12.3. The zero-order valence-corrected chi connectivity index (χ0v) is 10.9. The van der Waals surface area contributed by atoms with Crippen LogP contribution in [-0.4, -0.2) is 7.05 Å². The van der Waals surface area contributed by atoms with Gasteiger partial charge in [0, 0.05) is 21.4 Å². The van der Waals surface area contributed by atoms with Gasteiger partial charge in [0.05, 0.1) is 0 Å². The number of rotatable bonds is 4. The molecule has 1 nitrogen and oxygen atoms in total. The van der Waals surface area contributed by atoms with E-state index < -0.39 is 0 Å². The van der Waals surface area contributed by atoms with E-state index >= 15 is 0 Å². The topological polar surface area (TPSA) is 12.0 Å². The molecular weight excluding hydrogens is 233 g/mol. The molecule has 2 rings (SSSR count). The zero-order chi connectivity index (χ0) is 12.3. The molecule has 1 N–H and O–H groups in total. The summed E-state index contributed by atoms with van der Waals surface area (Å²) >= 11 is 1.65. The van der Waals surface area contributed by atoms with Crippen molar-refractivity contribution in [1.29, 1.82) is 0 Å². The lowest BCUT2D eigenvalue weighted by Crippen LogP contribution is -2.13. The molecule has 1 aromatic heterocycles. The first-order valence-corrected chi connectivity index (χ1v) is 6.59. The maximum atomic E-state index is 13.6. The number of benzene rings is 1. The summed E-state index contributed by atoms with van der Waals surface area (Å²) in [4.78, 5) is 2.25. The molecule has 1 atom stereocenters. The molecule has 0 saturated heterocycles. The van der Waals surface area contributed by atoms with Gasteiger partial charge >= 0.3 is 0 Å². The highest BCUT2D eigenvalue weighted by atomic mass is 32.1. The van der Waals surface area contributed by atoms with E-state index in [-0.39, 0.29) is 5.82 Å². The molecule has 0 aliphatic rings. The first-order chi connectivity index (χ1) is 8.26. The molecule has 2 aromatic rings. The van der Waals surface area contributed by atoms with Crippen LogP contribution in [0.25, 0.3) is 10.4 Å². The summed E-state index contributed by atoms with van der Waals surface area (Å²) in [5, 5.41) is 3.26. The predicted molar refractivity (Wildman–Crippen MR) is 71.8 cm³/mol. The number of hydrogen-bond acceptors (Lipinski definition) is 2. The van der Waals surface area contributed by atoms with Crippen LogP contribution in [0.2, 0.25) is 0 Å². The Morgan fingerprint density at radius 2 is 2.00 bits per heavy atom. The van der Waals surface area contributed by atoms with Crippen LogP contribution in [0.5, 0.6) is 0 Å². The van der Waals surface area contributed by atoms with Gasteiger partial charge in [-0.25, -0.2) is 4.39 Å². The van der Waals surface area contributed by atoms with Crippen molar-refractivity contribution >= 4 is 11.3 Å². The van der Waals surface area contributed by atoms with Crippen LogP contribution in [0.4, 0.5) is 4.39 Å². The lowest BCUT2D eigenvalue weighted by molar-refractivity contribution is 0.586. The Hall–Kier alpha value is -1.19. The molecule has 0 fully saturated rings. The third-order valence-corrected chi connectivity index (χ3v) is 4.10. The molecule has 0 amide bonds. The van der Waals surface area contributed by atoms with Gasteiger partial charge in [0.15, 0.2) is 0 Å².